The lowest BCUT2D eigenvalue weighted by molar-refractivity contribution is 0.616. The Balaban J connectivity index is 3.35. The summed E-state index contributed by atoms with van der Waals surface area (Å²) in [6.07, 6.45) is 0. The minimum atomic E-state index is -0.312. The van der Waals surface area contributed by atoms with Crippen LogP contribution in [0.2, 0.25) is 0 Å². The average Bonchev–Trinajstić information content (AvgIpc) is 1.99. The normalized spacial score (nSPS) is 9.27. The van der Waals surface area contributed by atoms with E-state index >= 15 is 0 Å². The van der Waals surface area contributed by atoms with Gasteiger partial charge in [0, 0.05) is 3.57 Å². The number of nitrogens with zero attached hydrogens (tertiary/aromatic N) is 1. The molecule has 1 aromatic carbocycles. The van der Waals surface area contributed by atoms with Crippen LogP contribution in [0, 0.1) is 27.6 Å². The van der Waals surface area contributed by atoms with Crippen LogP contribution in [0.4, 0.5) is 4.39 Å². The molecule has 0 saturated heterocycles. The second-order valence-corrected chi connectivity index (χ2v) is 3.34. The summed E-state index contributed by atoms with van der Waals surface area (Å²) in [6, 6.07) is 4.80. The van der Waals surface area contributed by atoms with E-state index in [-0.39, 0.29) is 5.82 Å². The number of nitriles is 1. The zero-order chi connectivity index (χ0) is 8.43. The number of halogens is 2. The van der Waals surface area contributed by atoms with Gasteiger partial charge in [-0.1, -0.05) is 0 Å². The van der Waals surface area contributed by atoms with Crippen molar-refractivity contribution in [1.29, 1.82) is 5.26 Å². The summed E-state index contributed by atoms with van der Waals surface area (Å²) in [7, 11) is 0. The van der Waals surface area contributed by atoms with E-state index in [4.69, 9.17) is 5.26 Å². The molecule has 0 heterocycles. The maximum absolute atomic E-state index is 12.9. The summed E-state index contributed by atoms with van der Waals surface area (Å²) >= 11 is 2.01. The van der Waals surface area contributed by atoms with E-state index in [9.17, 15) is 4.39 Å². The summed E-state index contributed by atoms with van der Waals surface area (Å²) in [4.78, 5) is 0. The Morgan fingerprint density at radius 3 is 2.64 bits per heavy atom. The smallest absolute Gasteiger partial charge is 0.128 e. The summed E-state index contributed by atoms with van der Waals surface area (Å²) in [5.74, 6) is -0.312. The van der Waals surface area contributed by atoms with Crippen molar-refractivity contribution in [2.45, 2.75) is 6.92 Å². The van der Waals surface area contributed by atoms with Crippen molar-refractivity contribution >= 4 is 22.6 Å². The highest BCUT2D eigenvalue weighted by Crippen LogP contribution is 2.16. The van der Waals surface area contributed by atoms with E-state index in [1.807, 2.05) is 28.7 Å². The van der Waals surface area contributed by atoms with E-state index in [2.05, 4.69) is 0 Å². The molecule has 3 heteroatoms. The summed E-state index contributed by atoms with van der Waals surface area (Å²) in [6.45, 7) is 1.69. The highest BCUT2D eigenvalue weighted by Gasteiger charge is 2.03. The van der Waals surface area contributed by atoms with Gasteiger partial charge in [-0.3, -0.25) is 0 Å². The predicted molar refractivity (Wildman–Crippen MR) is 48.6 cm³/mol. The molecule has 1 rings (SSSR count). The SMILES string of the molecule is Cc1c(F)cc(C#N)cc1I. The summed E-state index contributed by atoms with van der Waals surface area (Å²) in [5.41, 5.74) is 0.974. The van der Waals surface area contributed by atoms with E-state index in [1.165, 1.54) is 6.07 Å². The molecule has 0 fully saturated rings. The lowest BCUT2D eigenvalue weighted by Gasteiger charge is -1.98. The molecule has 1 aromatic rings. The van der Waals surface area contributed by atoms with Gasteiger partial charge in [0.2, 0.25) is 0 Å². The second-order valence-electron chi connectivity index (χ2n) is 2.18. The van der Waals surface area contributed by atoms with Crippen LogP contribution in [-0.4, -0.2) is 0 Å². The minimum Gasteiger partial charge on any atom is -0.207 e. The Bertz CT molecular complexity index is 304. The van der Waals surface area contributed by atoms with Gasteiger partial charge >= 0.3 is 0 Å². The molecule has 1 nitrogen and oxygen atoms in total. The maximum atomic E-state index is 12.9. The van der Waals surface area contributed by atoms with Crippen molar-refractivity contribution in [3.63, 3.8) is 0 Å². The van der Waals surface area contributed by atoms with Crippen LogP contribution in [0.1, 0.15) is 11.1 Å². The lowest BCUT2D eigenvalue weighted by Crippen LogP contribution is -1.88. The molecule has 0 aromatic heterocycles. The number of benzene rings is 1. The Morgan fingerprint density at radius 1 is 1.55 bits per heavy atom. The van der Waals surface area contributed by atoms with Gasteiger partial charge in [-0.05, 0) is 47.2 Å². The maximum Gasteiger partial charge on any atom is 0.128 e. The van der Waals surface area contributed by atoms with Crippen molar-refractivity contribution in [1.82, 2.24) is 0 Å². The Morgan fingerprint density at radius 2 is 2.18 bits per heavy atom. The first-order chi connectivity index (χ1) is 5.15. The highest BCUT2D eigenvalue weighted by molar-refractivity contribution is 14.1. The van der Waals surface area contributed by atoms with E-state index in [0.29, 0.717) is 11.1 Å². The third-order valence-electron chi connectivity index (χ3n) is 1.41. The lowest BCUT2D eigenvalue weighted by atomic mass is 10.1. The molecular weight excluding hydrogens is 256 g/mol. The molecule has 0 bridgehead atoms. The Labute approximate surface area is 78.0 Å². The van der Waals surface area contributed by atoms with Crippen molar-refractivity contribution < 1.29 is 4.39 Å². The van der Waals surface area contributed by atoms with Gasteiger partial charge in [-0.25, -0.2) is 4.39 Å². The van der Waals surface area contributed by atoms with Crippen molar-refractivity contribution in [2.24, 2.45) is 0 Å². The minimum absolute atomic E-state index is 0.312. The van der Waals surface area contributed by atoms with Gasteiger partial charge in [0.05, 0.1) is 11.6 Å². The zero-order valence-corrected chi connectivity index (χ0v) is 8.02. The number of rotatable bonds is 0. The van der Waals surface area contributed by atoms with Gasteiger partial charge in [0.1, 0.15) is 5.82 Å². The van der Waals surface area contributed by atoms with E-state index < -0.39 is 0 Å². The molecule has 0 amide bonds. The zero-order valence-electron chi connectivity index (χ0n) is 5.86. The quantitative estimate of drug-likeness (QED) is 0.658. The molecule has 0 N–H and O–H groups in total. The van der Waals surface area contributed by atoms with Gasteiger partial charge in [-0.15, -0.1) is 0 Å². The topological polar surface area (TPSA) is 23.8 Å². The third-order valence-corrected chi connectivity index (χ3v) is 2.53. The fourth-order valence-electron chi connectivity index (χ4n) is 0.710. The first-order valence-corrected chi connectivity index (χ1v) is 4.09. The van der Waals surface area contributed by atoms with E-state index in [1.54, 1.807) is 13.0 Å². The van der Waals surface area contributed by atoms with Crippen LogP contribution in [0.3, 0.4) is 0 Å². The summed E-state index contributed by atoms with van der Waals surface area (Å²) < 4.78 is 13.7. The molecule has 0 aliphatic heterocycles. The molecular formula is C8H5FIN. The standard InChI is InChI=1S/C8H5FIN/c1-5-7(9)2-6(4-11)3-8(5)10/h2-3H,1H3. The molecule has 0 aliphatic carbocycles. The van der Waals surface area contributed by atoms with Crippen LogP contribution in [-0.2, 0) is 0 Å². The van der Waals surface area contributed by atoms with E-state index in [0.717, 1.165) is 3.57 Å². The van der Waals surface area contributed by atoms with Gasteiger partial charge < -0.3 is 0 Å². The van der Waals surface area contributed by atoms with Gasteiger partial charge in [0.25, 0.3) is 0 Å². The molecule has 0 atom stereocenters. The highest BCUT2D eigenvalue weighted by atomic mass is 127. The Hall–Kier alpha value is -0.630. The Kier molecular flexibility index (Phi) is 2.45. The largest absolute Gasteiger partial charge is 0.207 e. The first-order valence-electron chi connectivity index (χ1n) is 3.01. The first kappa shape index (κ1) is 8.47. The second kappa shape index (κ2) is 3.18. The molecule has 0 saturated carbocycles. The summed E-state index contributed by atoms with van der Waals surface area (Å²) in [5, 5.41) is 8.46. The van der Waals surface area contributed by atoms with Crippen LogP contribution in [0.25, 0.3) is 0 Å². The average molecular weight is 261 g/mol. The molecule has 11 heavy (non-hydrogen) atoms. The fraction of sp³-hybridized carbons (Fsp3) is 0.125. The predicted octanol–water partition coefficient (Wildman–Crippen LogP) is 2.61. The monoisotopic (exact) mass is 261 g/mol. The molecule has 56 valence electrons. The van der Waals surface area contributed by atoms with Crippen molar-refractivity contribution in [3.05, 3.63) is 32.6 Å². The van der Waals surface area contributed by atoms with Crippen LogP contribution in [0.5, 0.6) is 0 Å². The molecule has 0 spiro atoms. The molecule has 0 unspecified atom stereocenters. The van der Waals surface area contributed by atoms with Crippen LogP contribution < -0.4 is 0 Å². The van der Waals surface area contributed by atoms with Crippen molar-refractivity contribution in [2.75, 3.05) is 0 Å². The van der Waals surface area contributed by atoms with Gasteiger partial charge in [-0.2, -0.15) is 5.26 Å². The molecule has 0 aliphatic rings. The fourth-order valence-corrected chi connectivity index (χ4v) is 1.30. The van der Waals surface area contributed by atoms with Crippen molar-refractivity contribution in [3.8, 4) is 6.07 Å². The molecule has 0 radical (unpaired) electrons. The third kappa shape index (κ3) is 1.69. The van der Waals surface area contributed by atoms with Crippen LogP contribution in [0.15, 0.2) is 12.1 Å². The van der Waals surface area contributed by atoms with Crippen LogP contribution >= 0.6 is 22.6 Å². The number of hydrogen-bond acceptors (Lipinski definition) is 1. The number of hydrogen-bond donors (Lipinski definition) is 0. The van der Waals surface area contributed by atoms with Gasteiger partial charge in [0.15, 0.2) is 0 Å².